The van der Waals surface area contributed by atoms with Crippen molar-refractivity contribution in [3.63, 3.8) is 0 Å². The van der Waals surface area contributed by atoms with Gasteiger partial charge in [-0.15, -0.1) is 0 Å². The smallest absolute Gasteiger partial charge is 0.0772 e. The first-order chi connectivity index (χ1) is 6.48. The minimum Gasteiger partial charge on any atom is -0.0772 e. The summed E-state index contributed by atoms with van der Waals surface area (Å²) in [5.41, 5.74) is 1.33. The van der Waals surface area contributed by atoms with Gasteiger partial charge >= 0.3 is 0 Å². The summed E-state index contributed by atoms with van der Waals surface area (Å²) in [6, 6.07) is 0. The van der Waals surface area contributed by atoms with Crippen molar-refractivity contribution >= 4 is 7.28 Å². The van der Waals surface area contributed by atoms with Gasteiger partial charge in [-0.2, -0.15) is 0 Å². The van der Waals surface area contributed by atoms with E-state index in [9.17, 15) is 0 Å². The monoisotopic (exact) mass is 192 g/mol. The van der Waals surface area contributed by atoms with E-state index in [1.54, 1.807) is 0 Å². The van der Waals surface area contributed by atoms with Crippen LogP contribution in [0.2, 0.25) is 12.1 Å². The molecule has 2 aliphatic rings. The Kier molecular flexibility index (Phi) is 2.48. The molecule has 1 heteroatoms. The summed E-state index contributed by atoms with van der Waals surface area (Å²) in [5.74, 6) is 2.00. The first-order valence-corrected chi connectivity index (χ1v) is 6.48. The summed E-state index contributed by atoms with van der Waals surface area (Å²) in [6.07, 6.45) is 7.39. The van der Waals surface area contributed by atoms with Crippen molar-refractivity contribution < 1.29 is 0 Å². The SMILES string of the molecule is CC1BCCCC2(C)C(CC1)C2(C)C. The third kappa shape index (κ3) is 1.44. The van der Waals surface area contributed by atoms with Crippen molar-refractivity contribution in [2.75, 3.05) is 0 Å². The number of rotatable bonds is 0. The van der Waals surface area contributed by atoms with Gasteiger partial charge in [-0.3, -0.25) is 0 Å². The van der Waals surface area contributed by atoms with Crippen molar-refractivity contribution in [1.82, 2.24) is 0 Å². The first-order valence-electron chi connectivity index (χ1n) is 6.48. The Morgan fingerprint density at radius 1 is 1.14 bits per heavy atom. The third-order valence-corrected chi connectivity index (χ3v) is 5.62. The van der Waals surface area contributed by atoms with Crippen LogP contribution in [0.4, 0.5) is 0 Å². The van der Waals surface area contributed by atoms with Crippen LogP contribution in [0, 0.1) is 16.7 Å². The summed E-state index contributed by atoms with van der Waals surface area (Å²) >= 11 is 0. The quantitative estimate of drug-likeness (QED) is 0.511. The first kappa shape index (κ1) is 10.6. The topological polar surface area (TPSA) is 0 Å². The maximum Gasteiger partial charge on any atom is 0.123 e. The normalized spacial score (nSPS) is 46.6. The molecule has 1 saturated carbocycles. The fourth-order valence-electron chi connectivity index (χ4n) is 3.95. The highest BCUT2D eigenvalue weighted by molar-refractivity contribution is 6.37. The Morgan fingerprint density at radius 3 is 2.57 bits per heavy atom. The molecule has 0 spiro atoms. The molecule has 0 N–H and O–H groups in total. The Labute approximate surface area is 90.1 Å². The average molecular weight is 192 g/mol. The van der Waals surface area contributed by atoms with Crippen molar-refractivity contribution in [3.8, 4) is 0 Å². The van der Waals surface area contributed by atoms with E-state index in [1.807, 2.05) is 0 Å². The van der Waals surface area contributed by atoms with Gasteiger partial charge in [0.15, 0.2) is 0 Å². The maximum absolute atomic E-state index is 2.54. The van der Waals surface area contributed by atoms with Crippen molar-refractivity contribution in [3.05, 3.63) is 0 Å². The molecule has 2 rings (SSSR count). The number of fused-ring (bicyclic) bond motifs is 1. The van der Waals surface area contributed by atoms with Gasteiger partial charge in [0, 0.05) is 0 Å². The van der Waals surface area contributed by atoms with Crippen LogP contribution < -0.4 is 0 Å². The second kappa shape index (κ2) is 3.28. The lowest BCUT2D eigenvalue weighted by molar-refractivity contribution is 0.383. The van der Waals surface area contributed by atoms with E-state index < -0.39 is 0 Å². The fourth-order valence-corrected chi connectivity index (χ4v) is 3.95. The maximum atomic E-state index is 2.54. The van der Waals surface area contributed by atoms with Crippen molar-refractivity contribution in [1.29, 1.82) is 0 Å². The van der Waals surface area contributed by atoms with E-state index in [4.69, 9.17) is 0 Å². The molecule has 3 atom stereocenters. The lowest BCUT2D eigenvalue weighted by Gasteiger charge is -2.14. The fraction of sp³-hybridized carbons (Fsp3) is 1.00. The molecule has 0 aromatic rings. The van der Waals surface area contributed by atoms with E-state index in [0.29, 0.717) is 10.8 Å². The molecule has 1 aliphatic heterocycles. The molecule has 0 aromatic carbocycles. The average Bonchev–Trinajstić information content (AvgIpc) is 2.51. The van der Waals surface area contributed by atoms with Crippen LogP contribution in [-0.4, -0.2) is 7.28 Å². The summed E-state index contributed by atoms with van der Waals surface area (Å²) in [4.78, 5) is 0. The number of hydrogen-bond donors (Lipinski definition) is 0. The molecular weight excluding hydrogens is 167 g/mol. The van der Waals surface area contributed by atoms with Gasteiger partial charge in [0.05, 0.1) is 0 Å². The largest absolute Gasteiger partial charge is 0.123 e. The summed E-state index contributed by atoms with van der Waals surface area (Å²) in [7, 11) is 1.48. The minimum absolute atomic E-state index is 0.643. The molecule has 3 unspecified atom stereocenters. The zero-order chi connectivity index (χ0) is 10.4. The molecule has 14 heavy (non-hydrogen) atoms. The molecule has 0 nitrogen and oxygen atoms in total. The highest BCUT2D eigenvalue weighted by atomic mass is 14.7. The molecule has 1 saturated heterocycles. The van der Waals surface area contributed by atoms with Crippen LogP contribution in [0.1, 0.15) is 53.4 Å². The predicted molar refractivity (Wildman–Crippen MR) is 65.2 cm³/mol. The van der Waals surface area contributed by atoms with E-state index >= 15 is 0 Å². The van der Waals surface area contributed by atoms with Gasteiger partial charge in [-0.25, -0.2) is 0 Å². The second-order valence-electron chi connectivity index (χ2n) is 6.62. The van der Waals surface area contributed by atoms with E-state index in [-0.39, 0.29) is 0 Å². The molecule has 2 fully saturated rings. The molecule has 0 bridgehead atoms. The molecule has 0 amide bonds. The standard InChI is InChI=1S/C13H25B/c1-10-6-7-11-12(2,3)13(11,4)8-5-9-14-10/h10-11,14H,5-9H2,1-4H3. The van der Waals surface area contributed by atoms with Gasteiger partial charge in [-0.05, 0) is 29.6 Å². The molecule has 80 valence electrons. The van der Waals surface area contributed by atoms with Crippen LogP contribution in [0.15, 0.2) is 0 Å². The Morgan fingerprint density at radius 2 is 1.86 bits per heavy atom. The molecule has 1 aliphatic carbocycles. The van der Waals surface area contributed by atoms with E-state index in [1.165, 1.54) is 39.3 Å². The second-order valence-corrected chi connectivity index (χ2v) is 6.62. The summed E-state index contributed by atoms with van der Waals surface area (Å²) in [5, 5.41) is 0. The highest BCUT2D eigenvalue weighted by Crippen LogP contribution is 2.72. The molecule has 1 heterocycles. The number of hydrogen-bond acceptors (Lipinski definition) is 0. The van der Waals surface area contributed by atoms with E-state index in [2.05, 4.69) is 27.7 Å². The van der Waals surface area contributed by atoms with Gasteiger partial charge in [0.25, 0.3) is 0 Å². The zero-order valence-corrected chi connectivity index (χ0v) is 10.4. The summed E-state index contributed by atoms with van der Waals surface area (Å²) in [6.45, 7) is 9.96. The summed E-state index contributed by atoms with van der Waals surface area (Å²) < 4.78 is 0. The minimum atomic E-state index is 0.643. The Balaban J connectivity index is 2.05. The van der Waals surface area contributed by atoms with Crippen LogP contribution in [-0.2, 0) is 0 Å². The van der Waals surface area contributed by atoms with Crippen molar-refractivity contribution in [2.45, 2.75) is 65.5 Å². The van der Waals surface area contributed by atoms with Crippen LogP contribution in [0.25, 0.3) is 0 Å². The van der Waals surface area contributed by atoms with Crippen LogP contribution in [0.5, 0.6) is 0 Å². The van der Waals surface area contributed by atoms with Gasteiger partial charge in [0.1, 0.15) is 7.28 Å². The van der Waals surface area contributed by atoms with Gasteiger partial charge in [-0.1, -0.05) is 52.7 Å². The Hall–Kier alpha value is 0.0649. The van der Waals surface area contributed by atoms with E-state index in [0.717, 1.165) is 11.7 Å². The lowest BCUT2D eigenvalue weighted by atomic mass is 9.60. The molecular formula is C13H25B. The predicted octanol–water partition coefficient (Wildman–Crippen LogP) is 3.89. The zero-order valence-electron chi connectivity index (χ0n) is 10.4. The highest BCUT2D eigenvalue weighted by Gasteiger charge is 2.65. The lowest BCUT2D eigenvalue weighted by Crippen LogP contribution is -2.05. The third-order valence-electron chi connectivity index (χ3n) is 5.62. The van der Waals surface area contributed by atoms with Gasteiger partial charge < -0.3 is 0 Å². The Bertz CT molecular complexity index is 221. The van der Waals surface area contributed by atoms with Gasteiger partial charge in [0.2, 0.25) is 0 Å². The van der Waals surface area contributed by atoms with Crippen LogP contribution >= 0.6 is 0 Å². The molecule has 0 aromatic heterocycles. The molecule has 0 radical (unpaired) electrons. The van der Waals surface area contributed by atoms with Crippen LogP contribution in [0.3, 0.4) is 0 Å². The van der Waals surface area contributed by atoms with Crippen molar-refractivity contribution in [2.24, 2.45) is 16.7 Å².